The lowest BCUT2D eigenvalue weighted by atomic mass is 10.0. The molecule has 3 aromatic rings. The van der Waals surface area contributed by atoms with Gasteiger partial charge in [-0.15, -0.1) is 11.3 Å². The van der Waals surface area contributed by atoms with Crippen LogP contribution in [0.2, 0.25) is 0 Å². The third-order valence-electron chi connectivity index (χ3n) is 6.47. The van der Waals surface area contributed by atoms with Crippen molar-refractivity contribution in [2.75, 3.05) is 50.7 Å². The number of nitrogens with zero attached hydrogens (tertiary/aromatic N) is 1. The zero-order chi connectivity index (χ0) is 28.4. The maximum atomic E-state index is 14.7. The Kier molecular flexibility index (Phi) is 8.63. The van der Waals surface area contributed by atoms with Crippen LogP contribution < -0.4 is 15.4 Å². The molecule has 0 amide bonds. The van der Waals surface area contributed by atoms with E-state index in [0.717, 1.165) is 6.54 Å². The van der Waals surface area contributed by atoms with Crippen LogP contribution in [0, 0.1) is 16.6 Å². The second-order valence-electron chi connectivity index (χ2n) is 9.56. The van der Waals surface area contributed by atoms with Crippen LogP contribution in [0.3, 0.4) is 0 Å². The summed E-state index contributed by atoms with van der Waals surface area (Å²) in [7, 11) is 0.385. The number of nitrogens with one attached hydrogen (secondary N) is 3. The molecule has 0 radical (unpaired) electrons. The van der Waals surface area contributed by atoms with E-state index in [1.165, 1.54) is 30.8 Å². The number of rotatable bonds is 7. The van der Waals surface area contributed by atoms with E-state index in [9.17, 15) is 21.8 Å². The topological polar surface area (TPSA) is 77.4 Å². The van der Waals surface area contributed by atoms with Gasteiger partial charge in [-0.1, -0.05) is 24.0 Å². The highest BCUT2D eigenvalue weighted by molar-refractivity contribution is 7.91. The number of alkyl halides is 4. The van der Waals surface area contributed by atoms with Crippen molar-refractivity contribution in [1.29, 1.82) is 4.78 Å². The lowest BCUT2D eigenvalue weighted by Crippen LogP contribution is -2.46. The van der Waals surface area contributed by atoms with Crippen molar-refractivity contribution in [3.63, 3.8) is 0 Å². The third kappa shape index (κ3) is 7.15. The van der Waals surface area contributed by atoms with Gasteiger partial charge in [0.05, 0.1) is 61.7 Å². The summed E-state index contributed by atoms with van der Waals surface area (Å²) in [6.07, 6.45) is -4.72. The van der Waals surface area contributed by atoms with Crippen molar-refractivity contribution in [3.8, 4) is 17.6 Å². The number of halogens is 4. The van der Waals surface area contributed by atoms with Gasteiger partial charge in [0.1, 0.15) is 11.9 Å². The van der Waals surface area contributed by atoms with Gasteiger partial charge in [0.2, 0.25) is 0 Å². The van der Waals surface area contributed by atoms with Crippen LogP contribution in [0.1, 0.15) is 16.9 Å². The predicted molar refractivity (Wildman–Crippen MR) is 149 cm³/mol. The number of hydrogen-bond donors (Lipinski definition) is 3. The van der Waals surface area contributed by atoms with Crippen LogP contribution in [0.5, 0.6) is 5.75 Å². The number of benzene rings is 2. The number of likely N-dealkylation sites (tertiary alicyclic amines) is 1. The van der Waals surface area contributed by atoms with Gasteiger partial charge in [0, 0.05) is 19.3 Å². The summed E-state index contributed by atoms with van der Waals surface area (Å²) in [5.41, 5.74) is 1.27. The molecule has 2 heterocycles. The van der Waals surface area contributed by atoms with Gasteiger partial charge >= 0.3 is 6.18 Å². The van der Waals surface area contributed by atoms with Crippen molar-refractivity contribution in [2.45, 2.75) is 36.1 Å². The minimum Gasteiger partial charge on any atom is -0.495 e. The molecule has 0 saturated carbocycles. The zero-order valence-electron chi connectivity index (χ0n) is 21.7. The molecule has 3 N–H and O–H groups in total. The van der Waals surface area contributed by atoms with Gasteiger partial charge in [-0.25, -0.2) is 13.4 Å². The smallest absolute Gasteiger partial charge is 0.393 e. The third-order valence-corrected chi connectivity index (χ3v) is 8.82. The van der Waals surface area contributed by atoms with Crippen LogP contribution in [0.25, 0.3) is 10.1 Å². The van der Waals surface area contributed by atoms with E-state index < -0.39 is 34.5 Å². The molecule has 210 valence electrons. The quantitative estimate of drug-likeness (QED) is 0.237. The van der Waals surface area contributed by atoms with Gasteiger partial charge in [-0.2, -0.15) is 13.2 Å². The molecule has 1 aromatic heterocycles. The number of anilines is 2. The summed E-state index contributed by atoms with van der Waals surface area (Å²) in [6, 6.07) is 9.37. The molecule has 1 aliphatic rings. The molecular weight excluding hydrogens is 552 g/mol. The Morgan fingerprint density at radius 3 is 2.69 bits per heavy atom. The first kappa shape index (κ1) is 29.0. The molecule has 4 rings (SSSR count). The van der Waals surface area contributed by atoms with Crippen molar-refractivity contribution in [1.82, 2.24) is 4.90 Å². The first-order valence-corrected chi connectivity index (χ1v) is 15.0. The van der Waals surface area contributed by atoms with Crippen molar-refractivity contribution in [3.05, 3.63) is 46.8 Å². The molecule has 1 saturated heterocycles. The van der Waals surface area contributed by atoms with Crippen LogP contribution in [0.15, 0.2) is 41.3 Å². The van der Waals surface area contributed by atoms with Gasteiger partial charge in [-0.05, 0) is 48.7 Å². The van der Waals surface area contributed by atoms with Gasteiger partial charge in [0.25, 0.3) is 0 Å². The zero-order valence-corrected chi connectivity index (χ0v) is 23.4. The lowest BCUT2D eigenvalue weighted by molar-refractivity contribution is -0.126. The molecule has 6 nitrogen and oxygen atoms in total. The molecule has 12 heteroatoms. The minimum atomic E-state index is -4.42. The van der Waals surface area contributed by atoms with E-state index in [2.05, 4.69) is 22.5 Å². The normalized spacial score (nSPS) is 19.7. The summed E-state index contributed by atoms with van der Waals surface area (Å²) in [6.45, 7) is 1.15. The fourth-order valence-electron chi connectivity index (χ4n) is 4.50. The summed E-state index contributed by atoms with van der Waals surface area (Å²) in [5.74, 6) is 6.17. The van der Waals surface area contributed by atoms with Crippen LogP contribution in [0.4, 0.5) is 28.9 Å². The highest BCUT2D eigenvalue weighted by Crippen LogP contribution is 2.39. The lowest BCUT2D eigenvalue weighted by Gasteiger charge is -2.33. The second-order valence-corrected chi connectivity index (χ2v) is 12.7. The number of hydrogen-bond acceptors (Lipinski definition) is 7. The first-order valence-electron chi connectivity index (χ1n) is 12.2. The highest BCUT2D eigenvalue weighted by atomic mass is 32.2. The van der Waals surface area contributed by atoms with Crippen LogP contribution >= 0.6 is 11.3 Å². The Morgan fingerprint density at radius 2 is 2.03 bits per heavy atom. The minimum absolute atomic E-state index is 0.105. The predicted octanol–water partition coefficient (Wildman–Crippen LogP) is 5.97. The highest BCUT2D eigenvalue weighted by Gasteiger charge is 2.32. The molecule has 2 aromatic carbocycles. The van der Waals surface area contributed by atoms with Gasteiger partial charge in [0.15, 0.2) is 0 Å². The average molecular weight is 583 g/mol. The van der Waals surface area contributed by atoms with Crippen molar-refractivity contribution >= 4 is 42.5 Å². The Hall–Kier alpha value is -3.01. The monoisotopic (exact) mass is 582 g/mol. The molecule has 0 unspecified atom stereocenters. The van der Waals surface area contributed by atoms with Gasteiger partial charge < -0.3 is 20.3 Å². The summed E-state index contributed by atoms with van der Waals surface area (Å²) in [5, 5.41) is 6.75. The summed E-state index contributed by atoms with van der Waals surface area (Å²) < 4.78 is 80.9. The van der Waals surface area contributed by atoms with E-state index in [0.29, 0.717) is 49.9 Å². The van der Waals surface area contributed by atoms with Crippen molar-refractivity contribution < 1.29 is 26.5 Å². The molecule has 1 aliphatic heterocycles. The standard InChI is InChI=1S/C27H30F4N4O2S2/c1-35-13-11-21(20(28)16-35)34-23-7-4-6-18-19(15-27(29,30)31)25(38-26(18)23)8-5-12-33-22-10-9-17(39(3,32)36)14-24(22)37-2/h4,6-7,9-10,14,20-21,32-34H,11-13,15-16H2,1-3H3/t20-,21+,39+/m0/s1. The molecule has 39 heavy (non-hydrogen) atoms. The van der Waals surface area contributed by atoms with Gasteiger partial charge in [-0.3, -0.25) is 0 Å². The van der Waals surface area contributed by atoms with E-state index in [1.54, 1.807) is 30.3 Å². The number of thiophene rings is 1. The van der Waals surface area contributed by atoms with E-state index in [1.807, 2.05) is 11.9 Å². The number of piperidine rings is 1. The Bertz CT molecular complexity index is 1510. The van der Waals surface area contributed by atoms with E-state index in [4.69, 9.17) is 9.52 Å². The fourth-order valence-corrected chi connectivity index (χ4v) is 6.33. The van der Waals surface area contributed by atoms with E-state index >= 15 is 0 Å². The molecule has 3 atom stereocenters. The molecule has 0 spiro atoms. The largest absolute Gasteiger partial charge is 0.495 e. The maximum absolute atomic E-state index is 14.7. The number of methoxy groups -OCH3 is 1. The Morgan fingerprint density at radius 1 is 1.26 bits per heavy atom. The molecular formula is C27H30F4N4O2S2. The summed E-state index contributed by atoms with van der Waals surface area (Å²) in [4.78, 5) is 2.54. The molecule has 1 fully saturated rings. The SMILES string of the molecule is COc1cc([S@](C)(=N)=O)ccc1NCC#Cc1sc2c(N[C@@H]3CCN(C)C[C@@H]3F)cccc2c1CC(F)(F)F. The average Bonchev–Trinajstić information content (AvgIpc) is 3.19. The van der Waals surface area contributed by atoms with Crippen LogP contribution in [-0.4, -0.2) is 67.5 Å². The molecule has 0 aliphatic carbocycles. The first-order chi connectivity index (χ1) is 18.4. The van der Waals surface area contributed by atoms with Crippen molar-refractivity contribution in [2.24, 2.45) is 0 Å². The molecule has 0 bridgehead atoms. The van der Waals surface area contributed by atoms with E-state index in [-0.39, 0.29) is 12.1 Å². The maximum Gasteiger partial charge on any atom is 0.393 e. The fraction of sp³-hybridized carbons (Fsp3) is 0.407. The number of fused-ring (bicyclic) bond motifs is 1. The summed E-state index contributed by atoms with van der Waals surface area (Å²) >= 11 is 1.17. The Balaban J connectivity index is 1.61. The van der Waals surface area contributed by atoms with Crippen LogP contribution in [-0.2, 0) is 16.1 Å². The second kappa shape index (κ2) is 11.6. The Labute approximate surface area is 229 Å². The number of ether oxygens (including phenoxy) is 1.